The minimum atomic E-state index is 0.0420. The number of carbonyl (C=O) groups is 1. The molecule has 0 bridgehead atoms. The summed E-state index contributed by atoms with van der Waals surface area (Å²) in [7, 11) is 1.64. The van der Waals surface area contributed by atoms with Crippen LogP contribution in [-0.4, -0.2) is 19.4 Å². The molecule has 3 nitrogen and oxygen atoms in total. The number of hydrogen-bond donors (Lipinski definition) is 1. The molecule has 0 aromatic heterocycles. The van der Waals surface area contributed by atoms with Crippen LogP contribution in [0.3, 0.4) is 0 Å². The number of para-hydroxylation sites is 1. The van der Waals surface area contributed by atoms with Crippen molar-refractivity contribution in [3.8, 4) is 5.75 Å². The van der Waals surface area contributed by atoms with Gasteiger partial charge in [0, 0.05) is 23.4 Å². The van der Waals surface area contributed by atoms with E-state index in [2.05, 4.69) is 5.32 Å². The highest BCUT2D eigenvalue weighted by Gasteiger charge is 2.18. The number of rotatable bonds is 4. The van der Waals surface area contributed by atoms with Gasteiger partial charge in [0.2, 0.25) is 0 Å². The number of carbonyl (C=O) groups excluding carboxylic acids is 1. The number of allylic oxidation sites excluding steroid dienone is 2. The Kier molecular flexibility index (Phi) is 4.29. The van der Waals surface area contributed by atoms with Gasteiger partial charge in [-0.05, 0) is 42.3 Å². The maximum Gasteiger partial charge on any atom is 0.183 e. The van der Waals surface area contributed by atoms with Crippen molar-refractivity contribution in [3.05, 3.63) is 71.3 Å². The van der Waals surface area contributed by atoms with Crippen molar-refractivity contribution in [2.45, 2.75) is 6.92 Å². The van der Waals surface area contributed by atoms with E-state index < -0.39 is 0 Å². The first-order valence-corrected chi connectivity index (χ1v) is 7.58. The molecule has 23 heavy (non-hydrogen) atoms. The molecule has 0 fully saturated rings. The van der Waals surface area contributed by atoms with E-state index in [4.69, 9.17) is 4.74 Å². The van der Waals surface area contributed by atoms with E-state index in [1.807, 2.05) is 61.5 Å². The van der Waals surface area contributed by atoms with E-state index in [1.165, 1.54) is 0 Å². The number of benzene rings is 2. The highest BCUT2D eigenvalue weighted by Crippen LogP contribution is 2.30. The van der Waals surface area contributed by atoms with Crippen LogP contribution in [0.2, 0.25) is 0 Å². The topological polar surface area (TPSA) is 38.3 Å². The van der Waals surface area contributed by atoms with Crippen LogP contribution in [0.5, 0.6) is 5.75 Å². The molecular weight excluding hydrogens is 286 g/mol. The monoisotopic (exact) mass is 305 g/mol. The number of ether oxygens (including phenoxy) is 1. The van der Waals surface area contributed by atoms with Gasteiger partial charge in [0.25, 0.3) is 0 Å². The lowest BCUT2D eigenvalue weighted by Crippen LogP contribution is -2.18. The van der Waals surface area contributed by atoms with E-state index in [-0.39, 0.29) is 5.78 Å². The molecule has 1 heterocycles. The Morgan fingerprint density at radius 1 is 1.13 bits per heavy atom. The second kappa shape index (κ2) is 6.53. The van der Waals surface area contributed by atoms with Crippen molar-refractivity contribution >= 4 is 23.1 Å². The van der Waals surface area contributed by atoms with E-state index in [0.717, 1.165) is 33.7 Å². The second-order valence-corrected chi connectivity index (χ2v) is 5.47. The zero-order chi connectivity index (χ0) is 16.2. The SMILES string of the molecule is COc1ccc(/C=C/C(=O)C2=C(C)c3ccccc3NC2)cc1. The smallest absolute Gasteiger partial charge is 0.183 e. The standard InChI is InChI=1S/C20H19NO2/c1-14-17-5-3-4-6-19(17)21-13-18(14)20(22)12-9-15-7-10-16(23-2)11-8-15/h3-12,21H,13H2,1-2H3/b12-9+. The van der Waals surface area contributed by atoms with Crippen molar-refractivity contribution in [3.63, 3.8) is 0 Å². The average Bonchev–Trinajstić information content (AvgIpc) is 2.60. The molecule has 0 unspecified atom stereocenters. The van der Waals surface area contributed by atoms with Gasteiger partial charge in [-0.25, -0.2) is 0 Å². The first-order valence-electron chi connectivity index (χ1n) is 7.58. The largest absolute Gasteiger partial charge is 0.497 e. The van der Waals surface area contributed by atoms with Crippen molar-refractivity contribution in [2.75, 3.05) is 19.0 Å². The summed E-state index contributed by atoms with van der Waals surface area (Å²) in [6.07, 6.45) is 3.47. The van der Waals surface area contributed by atoms with Gasteiger partial charge in [-0.15, -0.1) is 0 Å². The van der Waals surface area contributed by atoms with Crippen LogP contribution < -0.4 is 10.1 Å². The second-order valence-electron chi connectivity index (χ2n) is 5.47. The lowest BCUT2D eigenvalue weighted by molar-refractivity contribution is -0.111. The van der Waals surface area contributed by atoms with Crippen LogP contribution in [0.15, 0.2) is 60.2 Å². The summed E-state index contributed by atoms with van der Waals surface area (Å²) in [6, 6.07) is 15.7. The van der Waals surface area contributed by atoms with Crippen molar-refractivity contribution in [2.24, 2.45) is 0 Å². The number of ketones is 1. The van der Waals surface area contributed by atoms with Crippen LogP contribution in [0.25, 0.3) is 11.6 Å². The Morgan fingerprint density at radius 3 is 2.61 bits per heavy atom. The zero-order valence-corrected chi connectivity index (χ0v) is 13.3. The number of anilines is 1. The van der Waals surface area contributed by atoms with Gasteiger partial charge in [-0.3, -0.25) is 4.79 Å². The molecule has 0 aliphatic carbocycles. The molecule has 2 aromatic carbocycles. The highest BCUT2D eigenvalue weighted by molar-refractivity contribution is 6.12. The molecule has 0 saturated heterocycles. The van der Waals surface area contributed by atoms with E-state index in [0.29, 0.717) is 6.54 Å². The third-order valence-electron chi connectivity index (χ3n) is 4.08. The Labute approximate surface area is 136 Å². The molecule has 1 N–H and O–H groups in total. The maximum atomic E-state index is 12.5. The summed E-state index contributed by atoms with van der Waals surface area (Å²) < 4.78 is 5.13. The fourth-order valence-electron chi connectivity index (χ4n) is 2.70. The molecule has 3 rings (SSSR count). The molecular formula is C20H19NO2. The number of nitrogens with one attached hydrogen (secondary N) is 1. The molecule has 2 aromatic rings. The summed E-state index contributed by atoms with van der Waals surface area (Å²) in [5.74, 6) is 0.848. The van der Waals surface area contributed by atoms with Crippen LogP contribution in [0.4, 0.5) is 5.69 Å². The summed E-state index contributed by atoms with van der Waals surface area (Å²) >= 11 is 0. The Balaban J connectivity index is 1.81. The lowest BCUT2D eigenvalue weighted by atomic mass is 9.93. The highest BCUT2D eigenvalue weighted by atomic mass is 16.5. The summed E-state index contributed by atoms with van der Waals surface area (Å²) in [4.78, 5) is 12.5. The fraction of sp³-hybridized carbons (Fsp3) is 0.150. The molecule has 0 saturated carbocycles. The maximum absolute atomic E-state index is 12.5. The summed E-state index contributed by atoms with van der Waals surface area (Å²) in [6.45, 7) is 2.57. The third-order valence-corrected chi connectivity index (χ3v) is 4.08. The predicted molar refractivity (Wildman–Crippen MR) is 94.6 cm³/mol. The first-order chi connectivity index (χ1) is 11.2. The molecule has 1 aliphatic rings. The van der Waals surface area contributed by atoms with Gasteiger partial charge in [0.1, 0.15) is 5.75 Å². The van der Waals surface area contributed by atoms with Gasteiger partial charge >= 0.3 is 0 Å². The molecule has 116 valence electrons. The van der Waals surface area contributed by atoms with Gasteiger partial charge in [-0.2, -0.15) is 0 Å². The quantitative estimate of drug-likeness (QED) is 0.861. The average molecular weight is 305 g/mol. The fourth-order valence-corrected chi connectivity index (χ4v) is 2.70. The number of hydrogen-bond acceptors (Lipinski definition) is 3. The van der Waals surface area contributed by atoms with Gasteiger partial charge in [0.15, 0.2) is 5.78 Å². The minimum absolute atomic E-state index is 0.0420. The molecule has 0 radical (unpaired) electrons. The van der Waals surface area contributed by atoms with E-state index in [1.54, 1.807) is 13.2 Å². The minimum Gasteiger partial charge on any atom is -0.497 e. The first kappa shape index (κ1) is 15.1. The molecule has 0 amide bonds. The number of methoxy groups -OCH3 is 1. The van der Waals surface area contributed by atoms with Gasteiger partial charge in [0.05, 0.1) is 7.11 Å². The number of fused-ring (bicyclic) bond motifs is 1. The van der Waals surface area contributed by atoms with Crippen LogP contribution in [-0.2, 0) is 4.79 Å². The Hall–Kier alpha value is -2.81. The van der Waals surface area contributed by atoms with Crippen LogP contribution in [0, 0.1) is 0 Å². The van der Waals surface area contributed by atoms with Gasteiger partial charge < -0.3 is 10.1 Å². The van der Waals surface area contributed by atoms with Gasteiger partial charge in [-0.1, -0.05) is 36.4 Å². The van der Waals surface area contributed by atoms with Crippen LogP contribution >= 0.6 is 0 Å². The Bertz CT molecular complexity index is 786. The van der Waals surface area contributed by atoms with Crippen molar-refractivity contribution in [1.82, 2.24) is 0 Å². The molecule has 1 aliphatic heterocycles. The summed E-state index contributed by atoms with van der Waals surface area (Å²) in [5.41, 5.74) is 5.01. The normalized spacial score (nSPS) is 13.7. The molecule has 0 spiro atoms. The summed E-state index contributed by atoms with van der Waals surface area (Å²) in [5, 5.41) is 3.31. The van der Waals surface area contributed by atoms with E-state index in [9.17, 15) is 4.79 Å². The van der Waals surface area contributed by atoms with Crippen molar-refractivity contribution < 1.29 is 9.53 Å². The molecule has 0 atom stereocenters. The van der Waals surface area contributed by atoms with Crippen molar-refractivity contribution in [1.29, 1.82) is 0 Å². The Morgan fingerprint density at radius 2 is 1.87 bits per heavy atom. The zero-order valence-electron chi connectivity index (χ0n) is 13.3. The lowest BCUT2D eigenvalue weighted by Gasteiger charge is -2.21. The predicted octanol–water partition coefficient (Wildman–Crippen LogP) is 4.18. The van der Waals surface area contributed by atoms with Crippen LogP contribution in [0.1, 0.15) is 18.1 Å². The third kappa shape index (κ3) is 3.19. The van der Waals surface area contributed by atoms with E-state index >= 15 is 0 Å². The molecule has 3 heteroatoms.